The average Bonchev–Trinajstić information content (AvgIpc) is 2.30. The number of piperidine rings is 1. The van der Waals surface area contributed by atoms with Gasteiger partial charge in [0.25, 0.3) is 0 Å². The zero-order valence-electron chi connectivity index (χ0n) is 9.24. The van der Waals surface area contributed by atoms with Crippen molar-refractivity contribution in [2.75, 3.05) is 13.2 Å². The number of rotatable bonds is 2. The molecule has 1 aromatic rings. The summed E-state index contributed by atoms with van der Waals surface area (Å²) in [6, 6.07) is 8.95. The van der Waals surface area contributed by atoms with Crippen molar-refractivity contribution in [3.8, 4) is 0 Å². The summed E-state index contributed by atoms with van der Waals surface area (Å²) in [5.41, 5.74) is 2.59. The molecule has 0 bridgehead atoms. The Bertz CT molecular complexity index is 307. The first-order valence-corrected chi connectivity index (χ1v) is 5.72. The lowest BCUT2D eigenvalue weighted by molar-refractivity contribution is 0.160. The van der Waals surface area contributed by atoms with Crippen LogP contribution in [0, 0.1) is 12.8 Å². The summed E-state index contributed by atoms with van der Waals surface area (Å²) in [6.45, 7) is 3.45. The Labute approximate surface area is 91.3 Å². The third kappa shape index (κ3) is 2.39. The van der Waals surface area contributed by atoms with Gasteiger partial charge in [-0.2, -0.15) is 0 Å². The smallest absolute Gasteiger partial charge is 0.0477 e. The molecule has 1 aromatic carbocycles. The van der Waals surface area contributed by atoms with E-state index in [4.69, 9.17) is 0 Å². The third-order valence-corrected chi connectivity index (χ3v) is 3.26. The number of hydrogen-bond donors (Lipinski definition) is 2. The van der Waals surface area contributed by atoms with Crippen LogP contribution in [0.2, 0.25) is 0 Å². The summed E-state index contributed by atoms with van der Waals surface area (Å²) < 4.78 is 0. The summed E-state index contributed by atoms with van der Waals surface area (Å²) in [6.07, 6.45) is 2.30. The van der Waals surface area contributed by atoms with Crippen LogP contribution >= 0.6 is 0 Å². The maximum atomic E-state index is 9.34. The number of aliphatic hydroxyl groups is 1. The molecule has 0 saturated carbocycles. The molecule has 0 amide bonds. The summed E-state index contributed by atoms with van der Waals surface area (Å²) >= 11 is 0. The van der Waals surface area contributed by atoms with Gasteiger partial charge in [0, 0.05) is 18.6 Å². The molecule has 0 spiro atoms. The van der Waals surface area contributed by atoms with Crippen LogP contribution in [0.3, 0.4) is 0 Å². The molecular weight excluding hydrogens is 186 g/mol. The van der Waals surface area contributed by atoms with Crippen LogP contribution in [0.15, 0.2) is 24.3 Å². The fourth-order valence-electron chi connectivity index (χ4n) is 2.32. The van der Waals surface area contributed by atoms with Crippen LogP contribution in [-0.4, -0.2) is 18.3 Å². The van der Waals surface area contributed by atoms with Gasteiger partial charge >= 0.3 is 0 Å². The Kier molecular flexibility index (Phi) is 3.39. The Hall–Kier alpha value is -0.860. The predicted octanol–water partition coefficient (Wildman–Crippen LogP) is 2.03. The van der Waals surface area contributed by atoms with E-state index in [-0.39, 0.29) is 6.61 Å². The van der Waals surface area contributed by atoms with Crippen molar-refractivity contribution in [1.29, 1.82) is 0 Å². The Morgan fingerprint density at radius 1 is 1.33 bits per heavy atom. The van der Waals surface area contributed by atoms with Gasteiger partial charge in [-0.25, -0.2) is 0 Å². The third-order valence-electron chi connectivity index (χ3n) is 3.26. The van der Waals surface area contributed by atoms with E-state index in [0.29, 0.717) is 12.0 Å². The quantitative estimate of drug-likeness (QED) is 0.774. The lowest BCUT2D eigenvalue weighted by atomic mass is 9.87. The van der Waals surface area contributed by atoms with Gasteiger partial charge in [0.05, 0.1) is 0 Å². The van der Waals surface area contributed by atoms with Gasteiger partial charge in [-0.15, -0.1) is 0 Å². The highest BCUT2D eigenvalue weighted by atomic mass is 16.3. The second kappa shape index (κ2) is 4.77. The minimum Gasteiger partial charge on any atom is -0.396 e. The molecule has 2 heteroatoms. The second-order valence-electron chi connectivity index (χ2n) is 4.43. The van der Waals surface area contributed by atoms with E-state index in [1.54, 1.807) is 0 Å². The molecule has 2 atom stereocenters. The zero-order valence-corrected chi connectivity index (χ0v) is 9.24. The van der Waals surface area contributed by atoms with Crippen molar-refractivity contribution in [3.05, 3.63) is 35.4 Å². The molecule has 1 aliphatic heterocycles. The predicted molar refractivity (Wildman–Crippen MR) is 61.7 cm³/mol. The summed E-state index contributed by atoms with van der Waals surface area (Å²) in [7, 11) is 0. The first-order valence-electron chi connectivity index (χ1n) is 5.72. The monoisotopic (exact) mass is 205 g/mol. The number of hydrogen-bond acceptors (Lipinski definition) is 2. The molecule has 0 aliphatic carbocycles. The zero-order chi connectivity index (χ0) is 10.7. The molecule has 1 aliphatic rings. The van der Waals surface area contributed by atoms with Crippen molar-refractivity contribution < 1.29 is 5.11 Å². The van der Waals surface area contributed by atoms with Crippen LogP contribution in [0.4, 0.5) is 0 Å². The molecule has 0 radical (unpaired) electrons. The Morgan fingerprint density at radius 2 is 2.07 bits per heavy atom. The highest BCUT2D eigenvalue weighted by molar-refractivity contribution is 5.25. The first-order chi connectivity index (χ1) is 7.31. The Morgan fingerprint density at radius 3 is 2.73 bits per heavy atom. The SMILES string of the molecule is Cc1ccc(C2NCCCC2CO)cc1. The van der Waals surface area contributed by atoms with Crippen molar-refractivity contribution in [2.24, 2.45) is 5.92 Å². The Balaban J connectivity index is 2.16. The van der Waals surface area contributed by atoms with Crippen molar-refractivity contribution in [3.63, 3.8) is 0 Å². The number of benzene rings is 1. The minimum atomic E-state index is 0.283. The van der Waals surface area contributed by atoms with E-state index < -0.39 is 0 Å². The first kappa shape index (κ1) is 10.7. The lowest BCUT2D eigenvalue weighted by Gasteiger charge is -2.31. The van der Waals surface area contributed by atoms with Crippen molar-refractivity contribution >= 4 is 0 Å². The molecule has 2 rings (SSSR count). The van der Waals surface area contributed by atoms with Crippen LogP contribution in [0.25, 0.3) is 0 Å². The van der Waals surface area contributed by atoms with E-state index in [9.17, 15) is 5.11 Å². The van der Waals surface area contributed by atoms with Crippen LogP contribution < -0.4 is 5.32 Å². The summed E-state index contributed by atoms with van der Waals surface area (Å²) in [5.74, 6) is 0.376. The highest BCUT2D eigenvalue weighted by Gasteiger charge is 2.24. The second-order valence-corrected chi connectivity index (χ2v) is 4.43. The fourth-order valence-corrected chi connectivity index (χ4v) is 2.32. The van der Waals surface area contributed by atoms with Crippen molar-refractivity contribution in [1.82, 2.24) is 5.32 Å². The lowest BCUT2D eigenvalue weighted by Crippen LogP contribution is -2.35. The largest absolute Gasteiger partial charge is 0.396 e. The summed E-state index contributed by atoms with van der Waals surface area (Å²) in [4.78, 5) is 0. The summed E-state index contributed by atoms with van der Waals surface area (Å²) in [5, 5.41) is 12.8. The molecule has 82 valence electrons. The molecule has 1 heterocycles. The minimum absolute atomic E-state index is 0.283. The topological polar surface area (TPSA) is 32.3 Å². The van der Waals surface area contributed by atoms with Gasteiger partial charge in [0.1, 0.15) is 0 Å². The van der Waals surface area contributed by atoms with E-state index in [0.717, 1.165) is 13.0 Å². The van der Waals surface area contributed by atoms with Gasteiger partial charge in [-0.3, -0.25) is 0 Å². The molecule has 2 N–H and O–H groups in total. The van der Waals surface area contributed by atoms with Gasteiger partial charge < -0.3 is 10.4 Å². The van der Waals surface area contributed by atoms with Crippen LogP contribution in [-0.2, 0) is 0 Å². The fraction of sp³-hybridized carbons (Fsp3) is 0.538. The van der Waals surface area contributed by atoms with Gasteiger partial charge in [0.2, 0.25) is 0 Å². The molecule has 2 unspecified atom stereocenters. The van der Waals surface area contributed by atoms with E-state index in [2.05, 4.69) is 36.5 Å². The molecule has 15 heavy (non-hydrogen) atoms. The average molecular weight is 205 g/mol. The number of aryl methyl sites for hydroxylation is 1. The standard InChI is InChI=1S/C13H19NO/c1-10-4-6-11(7-5-10)13-12(9-15)3-2-8-14-13/h4-7,12-15H,2-3,8-9H2,1H3. The van der Waals surface area contributed by atoms with E-state index in [1.165, 1.54) is 17.5 Å². The van der Waals surface area contributed by atoms with Gasteiger partial charge in [0.15, 0.2) is 0 Å². The van der Waals surface area contributed by atoms with Crippen molar-refractivity contribution in [2.45, 2.75) is 25.8 Å². The van der Waals surface area contributed by atoms with Gasteiger partial charge in [-0.1, -0.05) is 29.8 Å². The maximum absolute atomic E-state index is 9.34. The van der Waals surface area contributed by atoms with Crippen LogP contribution in [0.1, 0.15) is 30.0 Å². The van der Waals surface area contributed by atoms with Gasteiger partial charge in [-0.05, 0) is 31.9 Å². The maximum Gasteiger partial charge on any atom is 0.0477 e. The van der Waals surface area contributed by atoms with E-state index >= 15 is 0 Å². The molecule has 1 saturated heterocycles. The molecular formula is C13H19NO. The molecule has 2 nitrogen and oxygen atoms in total. The number of nitrogens with one attached hydrogen (secondary N) is 1. The normalized spacial score (nSPS) is 26.5. The van der Waals surface area contributed by atoms with Crippen LogP contribution in [0.5, 0.6) is 0 Å². The highest BCUT2D eigenvalue weighted by Crippen LogP contribution is 2.28. The number of aliphatic hydroxyl groups excluding tert-OH is 1. The molecule has 1 fully saturated rings. The molecule has 0 aromatic heterocycles. The van der Waals surface area contributed by atoms with E-state index in [1.807, 2.05) is 0 Å².